The van der Waals surface area contributed by atoms with Gasteiger partial charge in [0.15, 0.2) is 0 Å². The van der Waals surface area contributed by atoms with Crippen LogP contribution in [0.25, 0.3) is 6.08 Å². The van der Waals surface area contributed by atoms with Gasteiger partial charge in [-0.2, -0.15) is 0 Å². The average Bonchev–Trinajstić information content (AvgIpc) is 2.24. The van der Waals surface area contributed by atoms with Crippen LogP contribution in [-0.2, 0) is 16.1 Å². The second-order valence-electron chi connectivity index (χ2n) is 4.33. The molecule has 0 amide bonds. The number of hydrogen-bond acceptors (Lipinski definition) is 3. The lowest BCUT2D eigenvalue weighted by Crippen LogP contribution is -2.35. The van der Waals surface area contributed by atoms with Crippen LogP contribution in [0.4, 0.5) is 0 Å². The molecule has 0 saturated heterocycles. The fourth-order valence-corrected chi connectivity index (χ4v) is 1.60. The highest BCUT2D eigenvalue weighted by Crippen LogP contribution is 2.32. The van der Waals surface area contributed by atoms with Crippen molar-refractivity contribution in [3.63, 3.8) is 0 Å². The Morgan fingerprint density at radius 3 is 2.94 bits per heavy atom. The first-order valence-electron chi connectivity index (χ1n) is 5.33. The topological polar surface area (TPSA) is 55.8 Å². The van der Waals surface area contributed by atoms with E-state index >= 15 is 0 Å². The number of aliphatic carboxylic acids is 1. The third-order valence-corrected chi connectivity index (χ3v) is 2.44. The van der Waals surface area contributed by atoms with E-state index in [4.69, 9.17) is 14.6 Å². The number of carboxylic acids is 1. The van der Waals surface area contributed by atoms with Gasteiger partial charge in [0, 0.05) is 25.5 Å². The predicted octanol–water partition coefficient (Wildman–Crippen LogP) is 2.43. The Kier molecular flexibility index (Phi) is 2.90. The molecule has 0 radical (unpaired) electrons. The largest absolute Gasteiger partial charge is 0.478 e. The standard InChI is InChI=1S/C13H14O4/c1-13(2)16-8-10-5-3-9(4-6-12(14)15)7-11(10)17-13/h3-7H,8H2,1-2H3,(H,14,15). The summed E-state index contributed by atoms with van der Waals surface area (Å²) in [6, 6.07) is 5.54. The second-order valence-corrected chi connectivity index (χ2v) is 4.33. The summed E-state index contributed by atoms with van der Waals surface area (Å²) in [5.41, 5.74) is 1.76. The number of carbonyl (C=O) groups is 1. The minimum Gasteiger partial charge on any atom is -0.478 e. The Morgan fingerprint density at radius 1 is 1.47 bits per heavy atom. The molecule has 4 heteroatoms. The van der Waals surface area contributed by atoms with Crippen molar-refractivity contribution in [2.24, 2.45) is 0 Å². The smallest absolute Gasteiger partial charge is 0.328 e. The summed E-state index contributed by atoms with van der Waals surface area (Å²) >= 11 is 0. The van der Waals surface area contributed by atoms with Crippen LogP contribution < -0.4 is 4.74 Å². The maximum Gasteiger partial charge on any atom is 0.328 e. The van der Waals surface area contributed by atoms with Crippen LogP contribution in [0.1, 0.15) is 25.0 Å². The van der Waals surface area contributed by atoms with Gasteiger partial charge < -0.3 is 14.6 Å². The Labute approximate surface area is 99.5 Å². The van der Waals surface area contributed by atoms with Crippen molar-refractivity contribution in [2.45, 2.75) is 26.2 Å². The maximum absolute atomic E-state index is 10.4. The molecule has 1 aromatic rings. The summed E-state index contributed by atoms with van der Waals surface area (Å²) < 4.78 is 11.2. The Bertz CT molecular complexity index is 474. The van der Waals surface area contributed by atoms with Gasteiger partial charge in [0.1, 0.15) is 5.75 Å². The second kappa shape index (κ2) is 4.22. The molecule has 2 rings (SSSR count). The monoisotopic (exact) mass is 234 g/mol. The van der Waals surface area contributed by atoms with Crippen LogP contribution in [0.2, 0.25) is 0 Å². The Balaban J connectivity index is 2.27. The van der Waals surface area contributed by atoms with Gasteiger partial charge >= 0.3 is 5.97 Å². The molecule has 0 spiro atoms. The number of ether oxygens (including phenoxy) is 2. The first-order chi connectivity index (χ1) is 7.96. The summed E-state index contributed by atoms with van der Waals surface area (Å²) in [6.07, 6.45) is 2.64. The summed E-state index contributed by atoms with van der Waals surface area (Å²) in [4.78, 5) is 10.4. The highest BCUT2D eigenvalue weighted by molar-refractivity contribution is 5.85. The third kappa shape index (κ3) is 2.85. The SMILES string of the molecule is CC1(C)OCc2ccc(C=CC(=O)O)cc2O1. The molecule has 0 fully saturated rings. The molecule has 0 unspecified atom stereocenters. The van der Waals surface area contributed by atoms with E-state index in [1.807, 2.05) is 32.0 Å². The summed E-state index contributed by atoms with van der Waals surface area (Å²) in [5.74, 6) is -0.858. The molecule has 90 valence electrons. The zero-order chi connectivity index (χ0) is 12.5. The third-order valence-electron chi connectivity index (χ3n) is 2.44. The molecule has 17 heavy (non-hydrogen) atoms. The number of carboxylic acid groups (broad SMARTS) is 1. The van der Waals surface area contributed by atoms with Crippen molar-refractivity contribution in [3.8, 4) is 5.75 Å². The van der Waals surface area contributed by atoms with Crippen molar-refractivity contribution >= 4 is 12.0 Å². The zero-order valence-corrected chi connectivity index (χ0v) is 9.77. The van der Waals surface area contributed by atoms with Crippen LogP contribution in [0.15, 0.2) is 24.3 Å². The molecule has 0 bridgehead atoms. The fourth-order valence-electron chi connectivity index (χ4n) is 1.60. The van der Waals surface area contributed by atoms with Gasteiger partial charge in [-0.25, -0.2) is 4.79 Å². The number of hydrogen-bond donors (Lipinski definition) is 1. The highest BCUT2D eigenvalue weighted by atomic mass is 16.7. The molecule has 0 aliphatic carbocycles. The first kappa shape index (κ1) is 11.7. The van der Waals surface area contributed by atoms with Crippen LogP contribution in [0, 0.1) is 0 Å². The summed E-state index contributed by atoms with van der Waals surface area (Å²) in [7, 11) is 0. The predicted molar refractivity (Wildman–Crippen MR) is 62.6 cm³/mol. The molecule has 1 aliphatic heterocycles. The molecule has 0 saturated carbocycles. The van der Waals surface area contributed by atoms with E-state index in [0.717, 1.165) is 23.0 Å². The van der Waals surface area contributed by atoms with E-state index in [1.165, 1.54) is 6.08 Å². The molecule has 1 aliphatic rings. The molecule has 0 aromatic heterocycles. The van der Waals surface area contributed by atoms with E-state index < -0.39 is 11.8 Å². The number of fused-ring (bicyclic) bond motifs is 1. The Morgan fingerprint density at radius 2 is 2.24 bits per heavy atom. The van der Waals surface area contributed by atoms with Gasteiger partial charge in [-0.15, -0.1) is 0 Å². The lowest BCUT2D eigenvalue weighted by Gasteiger charge is -2.32. The van der Waals surface area contributed by atoms with Crippen molar-refractivity contribution in [2.75, 3.05) is 0 Å². The van der Waals surface area contributed by atoms with E-state index in [2.05, 4.69) is 0 Å². The Hall–Kier alpha value is -1.81. The first-order valence-corrected chi connectivity index (χ1v) is 5.33. The summed E-state index contributed by atoms with van der Waals surface area (Å²) in [5, 5.41) is 8.56. The van der Waals surface area contributed by atoms with Crippen LogP contribution in [0.3, 0.4) is 0 Å². The minimum absolute atomic E-state index is 0.505. The van der Waals surface area contributed by atoms with Crippen molar-refractivity contribution in [3.05, 3.63) is 35.4 Å². The van der Waals surface area contributed by atoms with Crippen LogP contribution in [-0.4, -0.2) is 16.9 Å². The molecule has 0 atom stereocenters. The van der Waals surface area contributed by atoms with Gasteiger partial charge in [0.05, 0.1) is 6.61 Å². The van der Waals surface area contributed by atoms with E-state index in [9.17, 15) is 4.79 Å². The molecule has 1 heterocycles. The van der Waals surface area contributed by atoms with Crippen molar-refractivity contribution in [1.29, 1.82) is 0 Å². The van der Waals surface area contributed by atoms with Crippen LogP contribution >= 0.6 is 0 Å². The molecular formula is C13H14O4. The number of benzene rings is 1. The number of rotatable bonds is 2. The molecule has 1 aromatic carbocycles. The molecule has 1 N–H and O–H groups in total. The van der Waals surface area contributed by atoms with E-state index in [1.54, 1.807) is 0 Å². The summed E-state index contributed by atoms with van der Waals surface area (Å²) in [6.45, 7) is 4.19. The fraction of sp³-hybridized carbons (Fsp3) is 0.308. The maximum atomic E-state index is 10.4. The average molecular weight is 234 g/mol. The van der Waals surface area contributed by atoms with E-state index in [0.29, 0.717) is 6.61 Å². The lowest BCUT2D eigenvalue weighted by atomic mass is 10.1. The molecule has 4 nitrogen and oxygen atoms in total. The van der Waals surface area contributed by atoms with Gasteiger partial charge in [0.25, 0.3) is 0 Å². The van der Waals surface area contributed by atoms with Crippen molar-refractivity contribution in [1.82, 2.24) is 0 Å². The van der Waals surface area contributed by atoms with Gasteiger partial charge in [-0.1, -0.05) is 12.1 Å². The van der Waals surface area contributed by atoms with Gasteiger partial charge in [-0.3, -0.25) is 0 Å². The minimum atomic E-state index is -0.965. The highest BCUT2D eigenvalue weighted by Gasteiger charge is 2.26. The van der Waals surface area contributed by atoms with E-state index in [-0.39, 0.29) is 0 Å². The zero-order valence-electron chi connectivity index (χ0n) is 9.77. The normalized spacial score (nSPS) is 17.5. The van der Waals surface area contributed by atoms with Gasteiger partial charge in [-0.05, 0) is 17.7 Å². The molecular weight excluding hydrogens is 220 g/mol. The quantitative estimate of drug-likeness (QED) is 0.798. The lowest BCUT2D eigenvalue weighted by molar-refractivity contribution is -0.180. The van der Waals surface area contributed by atoms with Gasteiger partial charge in [0.2, 0.25) is 5.79 Å². The van der Waals surface area contributed by atoms with Crippen molar-refractivity contribution < 1.29 is 19.4 Å². The van der Waals surface area contributed by atoms with Crippen LogP contribution in [0.5, 0.6) is 5.75 Å².